The Hall–Kier alpha value is -0.860. The summed E-state index contributed by atoms with van der Waals surface area (Å²) in [7, 11) is 0. The third-order valence-corrected chi connectivity index (χ3v) is 3.76. The monoisotopic (exact) mass is 309 g/mol. The number of carbonyl (C=O) groups excluding carboxylic acids is 2. The van der Waals surface area contributed by atoms with Gasteiger partial charge in [0.15, 0.2) is 4.34 Å². The molecule has 6 nitrogen and oxygen atoms in total. The maximum Gasteiger partial charge on any atom is 0.316 e. The summed E-state index contributed by atoms with van der Waals surface area (Å²) in [5, 5.41) is 9.84. The van der Waals surface area contributed by atoms with Crippen molar-refractivity contribution in [3.8, 4) is 0 Å². The average Bonchev–Trinajstić information content (AvgIpc) is 2.74. The Bertz CT molecular complexity index is 425. The highest BCUT2D eigenvalue weighted by Crippen LogP contribution is 2.25. The van der Waals surface area contributed by atoms with Crippen molar-refractivity contribution in [2.24, 2.45) is 0 Å². The highest BCUT2D eigenvalue weighted by Gasteiger charge is 2.13. The van der Waals surface area contributed by atoms with E-state index in [0.717, 1.165) is 0 Å². The van der Waals surface area contributed by atoms with Gasteiger partial charge in [0.05, 0.1) is 12.4 Å². The minimum Gasteiger partial charge on any atom is -0.465 e. The Balaban J connectivity index is 2.43. The van der Waals surface area contributed by atoms with Crippen LogP contribution >= 0.6 is 34.7 Å². The molecule has 1 aromatic rings. The third kappa shape index (κ3) is 5.19. The maximum absolute atomic E-state index is 11.3. The number of anilines is 1. The van der Waals surface area contributed by atoms with Gasteiger partial charge in [-0.3, -0.25) is 14.9 Å². The van der Waals surface area contributed by atoms with Gasteiger partial charge in [0.2, 0.25) is 11.0 Å². The lowest BCUT2D eigenvalue weighted by atomic mass is 10.4. The molecule has 0 spiro atoms. The minimum atomic E-state index is -0.635. The van der Waals surface area contributed by atoms with Gasteiger partial charge in [0.1, 0.15) is 5.38 Å². The highest BCUT2D eigenvalue weighted by molar-refractivity contribution is 8.01. The fourth-order valence-electron chi connectivity index (χ4n) is 0.847. The molecule has 1 amide bonds. The molecule has 0 saturated carbocycles. The summed E-state index contributed by atoms with van der Waals surface area (Å²) >= 11 is 7.99. The summed E-state index contributed by atoms with van der Waals surface area (Å²) in [4.78, 5) is 22.4. The Labute approximate surface area is 117 Å². The molecule has 0 aliphatic carbocycles. The zero-order valence-corrected chi connectivity index (χ0v) is 12.2. The zero-order valence-electron chi connectivity index (χ0n) is 9.81. The van der Waals surface area contributed by atoms with E-state index in [4.69, 9.17) is 16.3 Å². The number of aromatic nitrogens is 2. The van der Waals surface area contributed by atoms with Crippen molar-refractivity contribution in [1.82, 2.24) is 10.2 Å². The van der Waals surface area contributed by atoms with Gasteiger partial charge in [-0.15, -0.1) is 21.8 Å². The van der Waals surface area contributed by atoms with E-state index in [0.29, 0.717) is 16.1 Å². The fourth-order valence-corrected chi connectivity index (χ4v) is 2.45. The lowest BCUT2D eigenvalue weighted by molar-refractivity contribution is -0.139. The molecule has 100 valence electrons. The van der Waals surface area contributed by atoms with Crippen LogP contribution in [0.1, 0.15) is 13.8 Å². The first-order valence-electron chi connectivity index (χ1n) is 5.09. The normalized spacial score (nSPS) is 11.9. The van der Waals surface area contributed by atoms with Crippen LogP contribution in [0.3, 0.4) is 0 Å². The molecule has 0 saturated heterocycles. The molecule has 1 aromatic heterocycles. The van der Waals surface area contributed by atoms with Crippen molar-refractivity contribution >= 4 is 51.7 Å². The number of thioether (sulfide) groups is 1. The zero-order chi connectivity index (χ0) is 13.5. The number of amides is 1. The highest BCUT2D eigenvalue weighted by atomic mass is 35.5. The van der Waals surface area contributed by atoms with Crippen LogP contribution in [0.25, 0.3) is 0 Å². The molecule has 0 unspecified atom stereocenters. The summed E-state index contributed by atoms with van der Waals surface area (Å²) in [6, 6.07) is 0. The van der Waals surface area contributed by atoms with Crippen LogP contribution in [0.5, 0.6) is 0 Å². The summed E-state index contributed by atoms with van der Waals surface area (Å²) < 4.78 is 5.36. The van der Waals surface area contributed by atoms with Crippen molar-refractivity contribution in [3.05, 3.63) is 0 Å². The molecule has 0 aromatic carbocycles. The van der Waals surface area contributed by atoms with Gasteiger partial charge in [0.25, 0.3) is 0 Å². The van der Waals surface area contributed by atoms with E-state index < -0.39 is 5.38 Å². The molecule has 0 bridgehead atoms. The second kappa shape index (κ2) is 7.55. The van der Waals surface area contributed by atoms with Crippen LogP contribution in [-0.4, -0.2) is 39.8 Å². The number of carbonyl (C=O) groups is 2. The lowest BCUT2D eigenvalue weighted by Gasteiger charge is -2.00. The topological polar surface area (TPSA) is 81.2 Å². The number of esters is 1. The molecular weight excluding hydrogens is 298 g/mol. The van der Waals surface area contributed by atoms with Crippen LogP contribution in [0, 0.1) is 0 Å². The lowest BCUT2D eigenvalue weighted by Crippen LogP contribution is -2.20. The third-order valence-electron chi connectivity index (χ3n) is 1.62. The van der Waals surface area contributed by atoms with Gasteiger partial charge >= 0.3 is 5.97 Å². The molecule has 1 rings (SSSR count). The Morgan fingerprint density at radius 1 is 1.56 bits per heavy atom. The van der Waals surface area contributed by atoms with Crippen molar-refractivity contribution in [2.45, 2.75) is 23.6 Å². The largest absolute Gasteiger partial charge is 0.465 e. The minimum absolute atomic E-state index is 0.169. The molecule has 0 radical (unpaired) electrons. The number of nitrogens with one attached hydrogen (secondary N) is 1. The van der Waals surface area contributed by atoms with E-state index in [9.17, 15) is 9.59 Å². The molecule has 0 aliphatic rings. The number of ether oxygens (including phenoxy) is 1. The van der Waals surface area contributed by atoms with Crippen molar-refractivity contribution < 1.29 is 14.3 Å². The van der Waals surface area contributed by atoms with Crippen molar-refractivity contribution in [2.75, 3.05) is 17.7 Å². The standard InChI is InChI=1S/C9H12ClN3O3S2/c1-3-16-6(14)4-17-9-13-12-8(18-9)11-7(15)5(2)10/h5H,3-4H2,1-2H3,(H,11,12,15)/t5-/m1/s1. The SMILES string of the molecule is CCOC(=O)CSc1nnc(NC(=O)[C@@H](C)Cl)s1. The summed E-state index contributed by atoms with van der Waals surface area (Å²) in [5.74, 6) is -0.477. The van der Waals surface area contributed by atoms with E-state index >= 15 is 0 Å². The summed E-state index contributed by atoms with van der Waals surface area (Å²) in [6.07, 6.45) is 0. The van der Waals surface area contributed by atoms with Crippen molar-refractivity contribution in [1.29, 1.82) is 0 Å². The number of hydrogen-bond acceptors (Lipinski definition) is 7. The van der Waals surface area contributed by atoms with E-state index in [1.165, 1.54) is 23.1 Å². The number of hydrogen-bond donors (Lipinski definition) is 1. The van der Waals surface area contributed by atoms with Gasteiger partial charge in [-0.05, 0) is 13.8 Å². The van der Waals surface area contributed by atoms with E-state index in [2.05, 4.69) is 15.5 Å². The summed E-state index contributed by atoms with van der Waals surface area (Å²) in [5.41, 5.74) is 0. The number of nitrogens with zero attached hydrogens (tertiary/aromatic N) is 2. The van der Waals surface area contributed by atoms with Gasteiger partial charge < -0.3 is 4.74 Å². The first-order valence-corrected chi connectivity index (χ1v) is 7.33. The predicted octanol–water partition coefficient (Wildman–Crippen LogP) is 1.76. The van der Waals surface area contributed by atoms with Crippen LogP contribution in [-0.2, 0) is 14.3 Å². The van der Waals surface area contributed by atoms with Gasteiger partial charge in [0, 0.05) is 0 Å². The van der Waals surface area contributed by atoms with Crippen LogP contribution in [0.2, 0.25) is 0 Å². The molecule has 1 N–H and O–H groups in total. The number of alkyl halides is 1. The van der Waals surface area contributed by atoms with Crippen LogP contribution in [0.4, 0.5) is 5.13 Å². The van der Waals surface area contributed by atoms with E-state index in [1.807, 2.05) is 0 Å². The molecule has 0 fully saturated rings. The molecular formula is C9H12ClN3O3S2. The second-order valence-corrected chi connectivity index (χ2v) is 5.93. The average molecular weight is 310 g/mol. The maximum atomic E-state index is 11.3. The van der Waals surface area contributed by atoms with Crippen molar-refractivity contribution in [3.63, 3.8) is 0 Å². The second-order valence-electron chi connectivity index (χ2n) is 3.07. The Kier molecular flexibility index (Phi) is 6.37. The Morgan fingerprint density at radius 2 is 2.28 bits per heavy atom. The molecule has 0 aliphatic heterocycles. The summed E-state index contributed by atoms with van der Waals surface area (Å²) in [6.45, 7) is 3.66. The van der Waals surface area contributed by atoms with Gasteiger partial charge in [-0.25, -0.2) is 0 Å². The molecule has 1 heterocycles. The van der Waals surface area contributed by atoms with E-state index in [-0.39, 0.29) is 17.6 Å². The molecule has 9 heteroatoms. The quantitative estimate of drug-likeness (QED) is 0.373. The Morgan fingerprint density at radius 3 is 2.89 bits per heavy atom. The number of halogens is 1. The van der Waals surface area contributed by atoms with Gasteiger partial charge in [-0.2, -0.15) is 0 Å². The predicted molar refractivity (Wildman–Crippen MR) is 71.2 cm³/mol. The van der Waals surface area contributed by atoms with Gasteiger partial charge in [-0.1, -0.05) is 23.1 Å². The fraction of sp³-hybridized carbons (Fsp3) is 0.556. The number of rotatable bonds is 6. The first kappa shape index (κ1) is 15.2. The van der Waals surface area contributed by atoms with E-state index in [1.54, 1.807) is 13.8 Å². The molecule has 18 heavy (non-hydrogen) atoms. The van der Waals surface area contributed by atoms with Crippen LogP contribution in [0.15, 0.2) is 4.34 Å². The smallest absolute Gasteiger partial charge is 0.316 e. The molecule has 1 atom stereocenters. The first-order chi connectivity index (χ1) is 8.52. The van der Waals surface area contributed by atoms with Crippen LogP contribution < -0.4 is 5.32 Å².